The molecule has 0 amide bonds. The first-order chi connectivity index (χ1) is 8.70. The molecule has 0 saturated heterocycles. The Morgan fingerprint density at radius 2 is 1.94 bits per heavy atom. The number of para-hydroxylation sites is 1. The van der Waals surface area contributed by atoms with Gasteiger partial charge in [-0.05, 0) is 31.4 Å². The summed E-state index contributed by atoms with van der Waals surface area (Å²) in [6.07, 6.45) is 4.32. The van der Waals surface area contributed by atoms with E-state index in [0.29, 0.717) is 6.04 Å². The number of nitrogens with one attached hydrogen (secondary N) is 1. The molecule has 0 saturated carbocycles. The Bertz CT molecular complexity index is 502. The molecule has 2 aromatic rings. The van der Waals surface area contributed by atoms with E-state index in [2.05, 4.69) is 55.3 Å². The number of rotatable bonds is 5. The number of nitrogens with zero attached hydrogens (tertiary/aromatic N) is 1. The van der Waals surface area contributed by atoms with Crippen LogP contribution in [0, 0.1) is 5.92 Å². The van der Waals surface area contributed by atoms with Gasteiger partial charge in [-0.25, -0.2) is 0 Å². The molecule has 18 heavy (non-hydrogen) atoms. The molecule has 1 aromatic heterocycles. The summed E-state index contributed by atoms with van der Waals surface area (Å²) in [4.78, 5) is 4.39. The number of fused-ring (bicyclic) bond motifs is 1. The van der Waals surface area contributed by atoms with Crippen molar-refractivity contribution in [1.82, 2.24) is 4.98 Å². The fourth-order valence-corrected chi connectivity index (χ4v) is 2.32. The highest BCUT2D eigenvalue weighted by Gasteiger charge is 2.08. The highest BCUT2D eigenvalue weighted by molar-refractivity contribution is 5.90. The Morgan fingerprint density at radius 3 is 2.72 bits per heavy atom. The quantitative estimate of drug-likeness (QED) is 0.836. The molecule has 1 aromatic carbocycles. The second kappa shape index (κ2) is 5.85. The van der Waals surface area contributed by atoms with Crippen molar-refractivity contribution < 1.29 is 0 Å². The number of hydrogen-bond acceptors (Lipinski definition) is 2. The summed E-state index contributed by atoms with van der Waals surface area (Å²) in [7, 11) is 0. The fourth-order valence-electron chi connectivity index (χ4n) is 2.32. The lowest BCUT2D eigenvalue weighted by Gasteiger charge is -2.19. The summed E-state index contributed by atoms with van der Waals surface area (Å²) in [5, 5.41) is 4.81. The van der Waals surface area contributed by atoms with Gasteiger partial charge in [0.2, 0.25) is 0 Å². The second-order valence-electron chi connectivity index (χ2n) is 5.17. The van der Waals surface area contributed by atoms with Crippen LogP contribution in [0.4, 0.5) is 5.69 Å². The van der Waals surface area contributed by atoms with Crippen molar-refractivity contribution in [3.05, 3.63) is 36.5 Å². The lowest BCUT2D eigenvalue weighted by molar-refractivity contribution is 0.484. The van der Waals surface area contributed by atoms with Gasteiger partial charge in [-0.3, -0.25) is 4.98 Å². The molecule has 0 bridgehead atoms. The number of anilines is 1. The summed E-state index contributed by atoms with van der Waals surface area (Å²) < 4.78 is 0. The molecule has 2 heteroatoms. The zero-order valence-electron chi connectivity index (χ0n) is 11.5. The van der Waals surface area contributed by atoms with Crippen molar-refractivity contribution in [1.29, 1.82) is 0 Å². The molecule has 1 heterocycles. The molecule has 1 N–H and O–H groups in total. The number of hydrogen-bond donors (Lipinski definition) is 1. The Morgan fingerprint density at radius 1 is 1.17 bits per heavy atom. The van der Waals surface area contributed by atoms with Crippen LogP contribution in [-0.4, -0.2) is 11.0 Å². The fraction of sp³-hybridized carbons (Fsp3) is 0.438. The standard InChI is InChI=1S/C16H22N2/c1-4-12(2)11-13(3)18-16-9-10-17-15-8-6-5-7-14(15)16/h5-10,12-13H,4,11H2,1-3H3,(H,17,18). The molecule has 0 fully saturated rings. The van der Waals surface area contributed by atoms with Gasteiger partial charge in [-0.15, -0.1) is 0 Å². The van der Waals surface area contributed by atoms with E-state index in [0.717, 1.165) is 11.4 Å². The third kappa shape index (κ3) is 3.00. The monoisotopic (exact) mass is 242 g/mol. The van der Waals surface area contributed by atoms with Gasteiger partial charge in [-0.1, -0.05) is 38.5 Å². The average Bonchev–Trinajstić information content (AvgIpc) is 2.39. The summed E-state index contributed by atoms with van der Waals surface area (Å²) in [6.45, 7) is 6.81. The smallest absolute Gasteiger partial charge is 0.0722 e. The van der Waals surface area contributed by atoms with Gasteiger partial charge >= 0.3 is 0 Å². The van der Waals surface area contributed by atoms with Crippen molar-refractivity contribution in [2.75, 3.05) is 5.32 Å². The van der Waals surface area contributed by atoms with Crippen molar-refractivity contribution in [3.8, 4) is 0 Å². The van der Waals surface area contributed by atoms with Crippen molar-refractivity contribution >= 4 is 16.6 Å². The third-order valence-corrected chi connectivity index (χ3v) is 3.50. The number of pyridine rings is 1. The van der Waals surface area contributed by atoms with E-state index < -0.39 is 0 Å². The first-order valence-corrected chi connectivity index (χ1v) is 6.81. The molecule has 2 unspecified atom stereocenters. The predicted molar refractivity (Wildman–Crippen MR) is 78.9 cm³/mol. The molecule has 0 aliphatic heterocycles. The molecule has 96 valence electrons. The van der Waals surface area contributed by atoms with Crippen molar-refractivity contribution in [2.45, 2.75) is 39.7 Å². The molecule has 2 rings (SSSR count). The third-order valence-electron chi connectivity index (χ3n) is 3.50. The zero-order chi connectivity index (χ0) is 13.0. The Hall–Kier alpha value is -1.57. The average molecular weight is 242 g/mol. The van der Waals surface area contributed by atoms with Crippen LogP contribution in [0.3, 0.4) is 0 Å². The maximum atomic E-state index is 4.39. The second-order valence-corrected chi connectivity index (χ2v) is 5.17. The topological polar surface area (TPSA) is 24.9 Å². The maximum Gasteiger partial charge on any atom is 0.0722 e. The van der Waals surface area contributed by atoms with Crippen molar-refractivity contribution in [2.24, 2.45) is 5.92 Å². The molecule has 0 aliphatic carbocycles. The maximum absolute atomic E-state index is 4.39. The van der Waals surface area contributed by atoms with Crippen molar-refractivity contribution in [3.63, 3.8) is 0 Å². The lowest BCUT2D eigenvalue weighted by Crippen LogP contribution is -2.18. The molecular weight excluding hydrogens is 220 g/mol. The number of aromatic nitrogens is 1. The van der Waals surface area contributed by atoms with E-state index in [1.165, 1.54) is 23.9 Å². The highest BCUT2D eigenvalue weighted by Crippen LogP contribution is 2.23. The van der Waals surface area contributed by atoms with E-state index in [4.69, 9.17) is 0 Å². The molecule has 0 aliphatic rings. The molecule has 0 radical (unpaired) electrons. The Labute approximate surface area is 109 Å². The SMILES string of the molecule is CCC(C)CC(C)Nc1ccnc2ccccc12. The van der Waals surface area contributed by atoms with Crippen LogP contribution in [0.15, 0.2) is 36.5 Å². The largest absolute Gasteiger partial charge is 0.382 e. The summed E-state index contributed by atoms with van der Waals surface area (Å²) in [6, 6.07) is 10.8. The minimum atomic E-state index is 0.491. The van der Waals surface area contributed by atoms with Crippen LogP contribution in [-0.2, 0) is 0 Å². The zero-order valence-corrected chi connectivity index (χ0v) is 11.5. The summed E-state index contributed by atoms with van der Waals surface area (Å²) >= 11 is 0. The minimum absolute atomic E-state index is 0.491. The van der Waals surface area contributed by atoms with Crippen LogP contribution in [0.25, 0.3) is 10.9 Å². The van der Waals surface area contributed by atoms with E-state index >= 15 is 0 Å². The van der Waals surface area contributed by atoms with Crippen LogP contribution < -0.4 is 5.32 Å². The molecule has 0 spiro atoms. The van der Waals surface area contributed by atoms with Crippen LogP contribution in [0.1, 0.15) is 33.6 Å². The van der Waals surface area contributed by atoms with Gasteiger partial charge in [0.1, 0.15) is 0 Å². The van der Waals surface area contributed by atoms with Gasteiger partial charge in [-0.2, -0.15) is 0 Å². The molecular formula is C16H22N2. The van der Waals surface area contributed by atoms with Gasteiger partial charge < -0.3 is 5.32 Å². The summed E-state index contributed by atoms with van der Waals surface area (Å²) in [5.74, 6) is 0.764. The van der Waals surface area contributed by atoms with E-state index in [-0.39, 0.29) is 0 Å². The Balaban J connectivity index is 2.16. The van der Waals surface area contributed by atoms with E-state index in [9.17, 15) is 0 Å². The van der Waals surface area contributed by atoms with Gasteiger partial charge in [0.25, 0.3) is 0 Å². The Kier molecular flexibility index (Phi) is 4.19. The van der Waals surface area contributed by atoms with Crippen LogP contribution in [0.5, 0.6) is 0 Å². The van der Waals surface area contributed by atoms with E-state index in [1.807, 2.05) is 12.3 Å². The lowest BCUT2D eigenvalue weighted by atomic mass is 10.00. The number of benzene rings is 1. The normalized spacial score (nSPS) is 14.4. The van der Waals surface area contributed by atoms with Crippen LogP contribution in [0.2, 0.25) is 0 Å². The highest BCUT2D eigenvalue weighted by atomic mass is 14.9. The van der Waals surface area contributed by atoms with Gasteiger partial charge in [0.05, 0.1) is 5.52 Å². The van der Waals surface area contributed by atoms with Gasteiger partial charge in [0.15, 0.2) is 0 Å². The van der Waals surface area contributed by atoms with Gasteiger partial charge in [0, 0.05) is 23.3 Å². The molecule has 2 nitrogen and oxygen atoms in total. The minimum Gasteiger partial charge on any atom is -0.382 e. The van der Waals surface area contributed by atoms with Crippen LogP contribution >= 0.6 is 0 Å². The molecule has 2 atom stereocenters. The first-order valence-electron chi connectivity index (χ1n) is 6.81. The first kappa shape index (κ1) is 12.9. The summed E-state index contributed by atoms with van der Waals surface area (Å²) in [5.41, 5.74) is 2.25. The predicted octanol–water partition coefficient (Wildman–Crippen LogP) is 4.47. The van der Waals surface area contributed by atoms with E-state index in [1.54, 1.807) is 0 Å².